The Hall–Kier alpha value is -2.11. The zero-order chi connectivity index (χ0) is 21.2. The Morgan fingerprint density at radius 1 is 1.19 bits per heavy atom. The summed E-state index contributed by atoms with van der Waals surface area (Å²) in [4.78, 5) is 6.53. The first-order valence-corrected chi connectivity index (χ1v) is 12.5. The van der Waals surface area contributed by atoms with Crippen molar-refractivity contribution in [2.45, 2.75) is 36.7 Å². The lowest BCUT2D eigenvalue weighted by atomic mass is 10.2. The predicted octanol–water partition coefficient (Wildman–Crippen LogP) is 2.86. The van der Waals surface area contributed by atoms with Crippen molar-refractivity contribution in [3.8, 4) is 11.4 Å². The third-order valence-corrected chi connectivity index (χ3v) is 7.50. The molecule has 11 heteroatoms. The van der Waals surface area contributed by atoms with Gasteiger partial charge in [-0.15, -0.1) is 20.4 Å². The maximum atomic E-state index is 5.51. The van der Waals surface area contributed by atoms with Gasteiger partial charge in [-0.3, -0.25) is 14.1 Å². The molecule has 5 heterocycles. The Balaban J connectivity index is 1.36. The van der Waals surface area contributed by atoms with Crippen molar-refractivity contribution < 1.29 is 4.74 Å². The van der Waals surface area contributed by atoms with Gasteiger partial charge in [0, 0.05) is 49.1 Å². The van der Waals surface area contributed by atoms with Crippen LogP contribution in [0.1, 0.15) is 19.9 Å². The average Bonchev–Trinajstić information content (AvgIpc) is 3.49. The number of hydrogen-bond donors (Lipinski definition) is 0. The molecule has 1 fully saturated rings. The number of rotatable bonds is 7. The average molecular weight is 459 g/mol. The maximum Gasteiger partial charge on any atom is 0.228 e. The Morgan fingerprint density at radius 3 is 2.84 bits per heavy atom. The van der Waals surface area contributed by atoms with Gasteiger partial charge in [0.05, 0.1) is 19.3 Å². The van der Waals surface area contributed by atoms with Crippen LogP contribution in [-0.4, -0.2) is 72.3 Å². The molecular weight excluding hydrogens is 432 g/mol. The summed E-state index contributed by atoms with van der Waals surface area (Å²) in [5.74, 6) is 4.24. The van der Waals surface area contributed by atoms with Crippen molar-refractivity contribution in [3.05, 3.63) is 24.5 Å². The molecule has 0 saturated carbocycles. The first-order chi connectivity index (χ1) is 15.2. The zero-order valence-electron chi connectivity index (χ0n) is 17.7. The van der Waals surface area contributed by atoms with E-state index >= 15 is 0 Å². The zero-order valence-corrected chi connectivity index (χ0v) is 19.3. The molecule has 1 unspecified atom stereocenters. The third-order valence-electron chi connectivity index (χ3n) is 5.30. The molecule has 164 valence electrons. The van der Waals surface area contributed by atoms with Gasteiger partial charge in [-0.1, -0.05) is 37.4 Å². The van der Waals surface area contributed by atoms with Crippen molar-refractivity contribution in [1.29, 1.82) is 0 Å². The molecule has 31 heavy (non-hydrogen) atoms. The fourth-order valence-corrected chi connectivity index (χ4v) is 6.09. The summed E-state index contributed by atoms with van der Waals surface area (Å²) in [5.41, 5.74) is 0.997. The summed E-state index contributed by atoms with van der Waals surface area (Å²) < 4.78 is 10.0. The van der Waals surface area contributed by atoms with E-state index in [-0.39, 0.29) is 0 Å². The van der Waals surface area contributed by atoms with Crippen LogP contribution < -0.4 is 4.90 Å². The molecule has 0 bridgehead atoms. The van der Waals surface area contributed by atoms with Crippen LogP contribution in [0, 0.1) is 5.92 Å². The molecule has 0 aromatic carbocycles. The first-order valence-electron chi connectivity index (χ1n) is 10.6. The molecule has 1 saturated heterocycles. The van der Waals surface area contributed by atoms with E-state index in [1.165, 1.54) is 0 Å². The Kier molecular flexibility index (Phi) is 6.15. The molecular formula is C20H26N8OS2. The number of nitrogens with zero attached hydrogens (tertiary/aromatic N) is 8. The molecule has 5 rings (SSSR count). The summed E-state index contributed by atoms with van der Waals surface area (Å²) in [6.07, 6.45) is 3.62. The van der Waals surface area contributed by atoms with Crippen molar-refractivity contribution in [2.75, 3.05) is 42.7 Å². The van der Waals surface area contributed by atoms with Gasteiger partial charge >= 0.3 is 0 Å². The molecule has 9 nitrogen and oxygen atoms in total. The molecule has 1 atom stereocenters. The van der Waals surface area contributed by atoms with Crippen molar-refractivity contribution in [1.82, 2.24) is 34.5 Å². The Labute approximate surface area is 190 Å². The van der Waals surface area contributed by atoms with Crippen LogP contribution in [0.25, 0.3) is 11.4 Å². The van der Waals surface area contributed by atoms with Gasteiger partial charge in [0.15, 0.2) is 16.1 Å². The highest BCUT2D eigenvalue weighted by molar-refractivity contribution is 8.00. The van der Waals surface area contributed by atoms with E-state index in [0.29, 0.717) is 12.0 Å². The third kappa shape index (κ3) is 4.31. The summed E-state index contributed by atoms with van der Waals surface area (Å²) in [6.45, 7) is 8.56. The Bertz CT molecular complexity index is 1020. The molecule has 0 radical (unpaired) electrons. The lowest BCUT2D eigenvalue weighted by molar-refractivity contribution is 0.121. The van der Waals surface area contributed by atoms with Crippen molar-refractivity contribution in [3.63, 3.8) is 0 Å². The maximum absolute atomic E-state index is 5.51. The van der Waals surface area contributed by atoms with Gasteiger partial charge < -0.3 is 9.64 Å². The van der Waals surface area contributed by atoms with E-state index in [0.717, 1.165) is 72.0 Å². The fraction of sp³-hybridized carbons (Fsp3) is 0.550. The molecule has 0 N–H and O–H groups in total. The molecule has 3 aromatic heterocycles. The van der Waals surface area contributed by atoms with E-state index < -0.39 is 0 Å². The fourth-order valence-electron chi connectivity index (χ4n) is 3.85. The van der Waals surface area contributed by atoms with Gasteiger partial charge in [-0.25, -0.2) is 0 Å². The first kappa shape index (κ1) is 20.8. The quantitative estimate of drug-likeness (QED) is 0.496. The highest BCUT2D eigenvalue weighted by Gasteiger charge is 2.30. The van der Waals surface area contributed by atoms with Gasteiger partial charge in [-0.05, 0) is 18.1 Å². The lowest BCUT2D eigenvalue weighted by Gasteiger charge is -2.28. The van der Waals surface area contributed by atoms with Crippen LogP contribution in [-0.2, 0) is 11.3 Å². The van der Waals surface area contributed by atoms with E-state index in [2.05, 4.69) is 53.3 Å². The number of morpholine rings is 1. The van der Waals surface area contributed by atoms with Gasteiger partial charge in [0.25, 0.3) is 0 Å². The van der Waals surface area contributed by atoms with Crippen LogP contribution in [0.5, 0.6) is 0 Å². The summed E-state index contributed by atoms with van der Waals surface area (Å²) in [5, 5.41) is 19.9. The summed E-state index contributed by atoms with van der Waals surface area (Å²) >= 11 is 3.53. The number of thioether (sulfide) groups is 2. The molecule has 0 aliphatic carbocycles. The van der Waals surface area contributed by atoms with Crippen molar-refractivity contribution >= 4 is 29.5 Å². The molecule has 0 spiro atoms. The van der Waals surface area contributed by atoms with Gasteiger partial charge in [0.2, 0.25) is 5.95 Å². The normalized spacial score (nSPS) is 18.7. The highest BCUT2D eigenvalue weighted by atomic mass is 32.2. The topological polar surface area (TPSA) is 86.8 Å². The summed E-state index contributed by atoms with van der Waals surface area (Å²) in [6, 6.07) is 4.27. The van der Waals surface area contributed by atoms with Crippen LogP contribution in [0.4, 0.5) is 5.95 Å². The van der Waals surface area contributed by atoms with Crippen molar-refractivity contribution in [2.24, 2.45) is 5.92 Å². The molecule has 2 aliphatic rings. The van der Waals surface area contributed by atoms with E-state index in [4.69, 9.17) is 4.74 Å². The SMILES string of the molecule is CC(C)Cn1c(SCC2CSc3nnc(-c4cccnc4)n32)nnc1N1CCOCC1. The monoisotopic (exact) mass is 458 g/mol. The van der Waals surface area contributed by atoms with Gasteiger partial charge in [-0.2, -0.15) is 0 Å². The van der Waals surface area contributed by atoms with Crippen LogP contribution in [0.15, 0.2) is 34.8 Å². The number of ether oxygens (including phenoxy) is 1. The minimum Gasteiger partial charge on any atom is -0.378 e. The smallest absolute Gasteiger partial charge is 0.228 e. The van der Waals surface area contributed by atoms with Gasteiger partial charge in [0.1, 0.15) is 0 Å². The molecule has 3 aromatic rings. The second-order valence-electron chi connectivity index (χ2n) is 8.08. The predicted molar refractivity (Wildman–Crippen MR) is 122 cm³/mol. The highest BCUT2D eigenvalue weighted by Crippen LogP contribution is 2.39. The minimum absolute atomic E-state index is 0.297. The van der Waals surface area contributed by atoms with Crippen LogP contribution in [0.3, 0.4) is 0 Å². The van der Waals surface area contributed by atoms with E-state index in [1.807, 2.05) is 18.3 Å². The largest absolute Gasteiger partial charge is 0.378 e. The number of pyridine rings is 1. The lowest BCUT2D eigenvalue weighted by Crippen LogP contribution is -2.38. The van der Waals surface area contributed by atoms with Crippen LogP contribution in [0.2, 0.25) is 0 Å². The standard InChI is InChI=1S/C20H26N8OS2/c1-14(2)11-27-18(26-6-8-29-9-7-26)23-24-19(27)30-12-16-13-31-20-25-22-17(28(16)20)15-4-3-5-21-10-15/h3-5,10,14,16H,6-9,11-13H2,1-2H3. The number of aromatic nitrogens is 7. The van der Waals surface area contributed by atoms with E-state index in [9.17, 15) is 0 Å². The molecule has 0 amide bonds. The summed E-state index contributed by atoms with van der Waals surface area (Å²) in [7, 11) is 0. The second kappa shape index (κ2) is 9.17. The second-order valence-corrected chi connectivity index (χ2v) is 10.1. The number of anilines is 1. The number of fused-ring (bicyclic) bond motifs is 1. The molecule has 2 aliphatic heterocycles. The van der Waals surface area contributed by atoms with E-state index in [1.54, 1.807) is 29.7 Å². The minimum atomic E-state index is 0.297. The Morgan fingerprint density at radius 2 is 2.06 bits per heavy atom. The number of hydrogen-bond acceptors (Lipinski definition) is 9. The van der Waals surface area contributed by atoms with Crippen LogP contribution >= 0.6 is 23.5 Å².